The van der Waals surface area contributed by atoms with Crippen LogP contribution in [-0.4, -0.2) is 93.2 Å². The lowest BCUT2D eigenvalue weighted by Crippen LogP contribution is -2.37. The summed E-state index contributed by atoms with van der Waals surface area (Å²) in [5.74, 6) is -0.0652. The van der Waals surface area contributed by atoms with Crippen LogP contribution in [0.1, 0.15) is 6.23 Å². The molecule has 0 aromatic carbocycles. The Morgan fingerprint density at radius 3 is 2.39 bits per heavy atom. The lowest BCUT2D eigenvalue weighted by molar-refractivity contribution is -0.870. The smallest absolute Gasteiger partial charge is 0.387 e. The highest BCUT2D eigenvalue weighted by atomic mass is 31.3. The maximum atomic E-state index is 12.0. The lowest BCUT2D eigenvalue weighted by atomic mass is 10.1. The van der Waals surface area contributed by atoms with Gasteiger partial charge in [0.2, 0.25) is 0 Å². The van der Waals surface area contributed by atoms with Gasteiger partial charge in [0.05, 0.1) is 27.7 Å². The Hall–Kier alpha value is -1.22. The second-order valence-corrected chi connectivity index (χ2v) is 10.8. The number of quaternary nitrogens is 1. The summed E-state index contributed by atoms with van der Waals surface area (Å²) < 4.78 is 43.9. The van der Waals surface area contributed by atoms with Gasteiger partial charge in [0.1, 0.15) is 37.3 Å². The van der Waals surface area contributed by atoms with Crippen LogP contribution in [0.15, 0.2) is 17.1 Å². The van der Waals surface area contributed by atoms with Crippen molar-refractivity contribution in [1.29, 1.82) is 0 Å². The number of aliphatic hydroxyl groups excluding tert-OH is 2. The Bertz CT molecular complexity index is 920. The van der Waals surface area contributed by atoms with Gasteiger partial charge >= 0.3 is 21.3 Å². The molecule has 1 fully saturated rings. The Balaban J connectivity index is 1.96. The molecule has 178 valence electrons. The van der Waals surface area contributed by atoms with Gasteiger partial charge in [-0.05, 0) is 6.07 Å². The van der Waals surface area contributed by atoms with Crippen molar-refractivity contribution in [3.63, 3.8) is 0 Å². The first-order chi connectivity index (χ1) is 14.1. The number of ether oxygens (including phenoxy) is 1. The Morgan fingerprint density at radius 1 is 1.19 bits per heavy atom. The molecule has 1 aliphatic heterocycles. The van der Waals surface area contributed by atoms with Crippen molar-refractivity contribution >= 4 is 21.5 Å². The molecule has 2 heterocycles. The van der Waals surface area contributed by atoms with Crippen LogP contribution in [-0.2, 0) is 27.2 Å². The molecule has 0 bridgehead atoms. The summed E-state index contributed by atoms with van der Waals surface area (Å²) in [4.78, 5) is 34.7. The molecule has 0 aliphatic carbocycles. The molecule has 6 atom stereocenters. The van der Waals surface area contributed by atoms with Gasteiger partial charge in [-0.25, -0.2) is 13.9 Å². The van der Waals surface area contributed by atoms with E-state index >= 15 is 0 Å². The highest BCUT2D eigenvalue weighted by molar-refractivity contribution is 7.61. The number of nitrogens with zero attached hydrogens (tertiary/aromatic N) is 3. The van der Waals surface area contributed by atoms with E-state index in [-0.39, 0.29) is 12.4 Å². The molecular weight excluding hydrogens is 462 g/mol. The summed E-state index contributed by atoms with van der Waals surface area (Å²) in [6, 6.07) is 1.26. The molecular formula is C14H27N4O11P2+. The van der Waals surface area contributed by atoms with E-state index in [1.165, 1.54) is 12.3 Å². The molecule has 2 unspecified atom stereocenters. The molecule has 6 N–H and O–H groups in total. The highest BCUT2D eigenvalue weighted by Crippen LogP contribution is 2.60. The molecule has 17 heteroatoms. The molecule has 1 aliphatic rings. The van der Waals surface area contributed by atoms with Crippen LogP contribution >= 0.6 is 15.6 Å². The van der Waals surface area contributed by atoms with E-state index in [0.717, 1.165) is 4.57 Å². The van der Waals surface area contributed by atoms with Gasteiger partial charge in [-0.15, -0.1) is 0 Å². The van der Waals surface area contributed by atoms with Gasteiger partial charge in [0.25, 0.3) is 0 Å². The zero-order chi connectivity index (χ0) is 23.6. The summed E-state index contributed by atoms with van der Waals surface area (Å²) in [6.45, 7) is -0.746. The van der Waals surface area contributed by atoms with Crippen molar-refractivity contribution in [2.45, 2.75) is 24.5 Å². The van der Waals surface area contributed by atoms with Crippen molar-refractivity contribution in [1.82, 2.24) is 9.55 Å². The zero-order valence-electron chi connectivity index (χ0n) is 17.0. The van der Waals surface area contributed by atoms with Gasteiger partial charge in [-0.1, -0.05) is 0 Å². The second kappa shape index (κ2) is 9.73. The number of likely N-dealkylation sites (N-methyl/N-ethyl adjacent to an activating group) is 1. The monoisotopic (exact) mass is 489 g/mol. The quantitative estimate of drug-likeness (QED) is 0.185. The summed E-state index contributed by atoms with van der Waals surface area (Å²) in [5, 5.41) is 20.2. The normalized spacial score (nSPS) is 28.2. The molecule has 0 amide bonds. The van der Waals surface area contributed by atoms with Gasteiger partial charge in [0.15, 0.2) is 6.23 Å². The lowest BCUT2D eigenvalue weighted by Gasteiger charge is -2.24. The predicted molar refractivity (Wildman–Crippen MR) is 104 cm³/mol. The number of phosphoric ester groups is 2. The molecule has 0 radical (unpaired) electrons. The number of rotatable bonds is 10. The van der Waals surface area contributed by atoms with E-state index in [1.54, 1.807) is 21.1 Å². The van der Waals surface area contributed by atoms with E-state index in [0.29, 0.717) is 11.0 Å². The van der Waals surface area contributed by atoms with Gasteiger partial charge in [-0.3, -0.25) is 13.6 Å². The third-order valence-corrected chi connectivity index (χ3v) is 6.72. The summed E-state index contributed by atoms with van der Waals surface area (Å²) in [6.07, 6.45) is -4.82. The Labute approximate surface area is 177 Å². The van der Waals surface area contributed by atoms with Crippen molar-refractivity contribution in [3.8, 4) is 0 Å². The highest BCUT2D eigenvalue weighted by Gasteiger charge is 2.46. The number of phosphoric acid groups is 2. The van der Waals surface area contributed by atoms with E-state index in [2.05, 4.69) is 18.3 Å². The summed E-state index contributed by atoms with van der Waals surface area (Å²) in [5.41, 5.74) is 4.53. The van der Waals surface area contributed by atoms with E-state index in [1.807, 2.05) is 0 Å². The van der Waals surface area contributed by atoms with Crippen molar-refractivity contribution in [3.05, 3.63) is 22.7 Å². The number of nitrogens with two attached hydrogens (primary N) is 1. The number of aromatic nitrogens is 2. The van der Waals surface area contributed by atoms with Crippen molar-refractivity contribution < 1.29 is 51.7 Å². The maximum absolute atomic E-state index is 12.0. The van der Waals surface area contributed by atoms with Gasteiger partial charge in [-0.2, -0.15) is 9.29 Å². The number of hydrogen-bond acceptors (Lipinski definition) is 11. The minimum atomic E-state index is -5.11. The molecule has 2 rings (SSSR count). The second-order valence-electron chi connectivity index (χ2n) is 7.75. The molecule has 31 heavy (non-hydrogen) atoms. The summed E-state index contributed by atoms with van der Waals surface area (Å²) >= 11 is 0. The van der Waals surface area contributed by atoms with Crippen LogP contribution in [0.4, 0.5) is 5.82 Å². The first-order valence-electron chi connectivity index (χ1n) is 8.93. The van der Waals surface area contributed by atoms with E-state index < -0.39 is 52.5 Å². The van der Waals surface area contributed by atoms with Crippen LogP contribution in [0.25, 0.3) is 0 Å². The molecule has 1 aromatic heterocycles. The Kier molecular flexibility index (Phi) is 8.17. The number of nitrogen functional groups attached to an aromatic ring is 1. The van der Waals surface area contributed by atoms with Gasteiger partial charge < -0.3 is 35.0 Å². The molecule has 1 saturated heterocycles. The largest absolute Gasteiger partial charge is 0.481 e. The van der Waals surface area contributed by atoms with Crippen LogP contribution in [0.3, 0.4) is 0 Å². The number of aliphatic hydroxyl groups is 2. The van der Waals surface area contributed by atoms with E-state index in [9.17, 15) is 33.9 Å². The van der Waals surface area contributed by atoms with Crippen LogP contribution < -0.4 is 11.4 Å². The van der Waals surface area contributed by atoms with Gasteiger partial charge in [0, 0.05) is 6.20 Å². The average Bonchev–Trinajstić information content (AvgIpc) is 2.86. The fraction of sp³-hybridized carbons (Fsp3) is 0.714. The zero-order valence-corrected chi connectivity index (χ0v) is 18.8. The Morgan fingerprint density at radius 2 is 1.81 bits per heavy atom. The third kappa shape index (κ3) is 7.70. The predicted octanol–water partition coefficient (Wildman–Crippen LogP) is -1.60. The fourth-order valence-corrected chi connectivity index (χ4v) is 4.56. The minimum absolute atomic E-state index is 0.0652. The van der Waals surface area contributed by atoms with Crippen molar-refractivity contribution in [2.24, 2.45) is 0 Å². The molecule has 0 spiro atoms. The fourth-order valence-electron chi connectivity index (χ4n) is 2.49. The van der Waals surface area contributed by atoms with Crippen LogP contribution in [0.2, 0.25) is 0 Å². The van der Waals surface area contributed by atoms with Crippen molar-refractivity contribution in [2.75, 3.05) is 46.6 Å². The first kappa shape index (κ1) is 26.0. The SMILES string of the molecule is C[N+](C)(C)CCOP(=O)(O)OP(=O)(O)OC[C@H]1O[C@H](n2ccc(N)nc2=O)[C@H](O)[C@@H]1O. The number of anilines is 1. The average molecular weight is 489 g/mol. The maximum Gasteiger partial charge on any atom is 0.481 e. The molecule has 0 saturated carbocycles. The molecule has 15 nitrogen and oxygen atoms in total. The molecule has 1 aromatic rings. The topological polar surface area (TPSA) is 213 Å². The van der Waals surface area contributed by atoms with Crippen LogP contribution in [0, 0.1) is 0 Å². The first-order valence-corrected chi connectivity index (χ1v) is 11.9. The van der Waals surface area contributed by atoms with Crippen LogP contribution in [0.5, 0.6) is 0 Å². The van der Waals surface area contributed by atoms with E-state index in [4.69, 9.17) is 10.5 Å². The third-order valence-electron chi connectivity index (χ3n) is 4.09. The summed E-state index contributed by atoms with van der Waals surface area (Å²) in [7, 11) is -4.64. The standard InChI is InChI=1S/C14H26N4O11P2/c1-18(2,3)6-7-26-30(22,23)29-31(24,25)27-8-9-11(19)12(20)13(28-9)17-5-4-10(15)16-14(17)21/h4-5,9,11-13,19-20H,6-8H2,1-3H3,(H3-,15,16,21,22,23,24,25)/p+1/t9-,11-,12-,13+/m1/s1. The minimum Gasteiger partial charge on any atom is -0.387 e. The number of hydrogen-bond donors (Lipinski definition) is 5.